The summed E-state index contributed by atoms with van der Waals surface area (Å²) in [7, 11) is 2.68. The van der Waals surface area contributed by atoms with Crippen LogP contribution in [0.4, 0.5) is 0 Å². The molecule has 0 aromatic heterocycles. The van der Waals surface area contributed by atoms with Crippen LogP contribution in [0.2, 0.25) is 0 Å². The normalized spacial score (nSPS) is 16.2. The van der Waals surface area contributed by atoms with Gasteiger partial charge in [-0.25, -0.2) is 0 Å². The van der Waals surface area contributed by atoms with E-state index >= 15 is 0 Å². The molecule has 0 heterocycles. The summed E-state index contributed by atoms with van der Waals surface area (Å²) in [5.41, 5.74) is 10.9. The molecule has 4 atom stereocenters. The quantitative estimate of drug-likeness (QED) is 0.484. The van der Waals surface area contributed by atoms with Crippen LogP contribution in [0, 0.1) is 81.4 Å². The molecule has 4 N–H and O–H groups in total. The van der Waals surface area contributed by atoms with Gasteiger partial charge in [-0.1, -0.05) is 6.92 Å². The minimum absolute atomic E-state index is 0. The van der Waals surface area contributed by atoms with Gasteiger partial charge in [0.05, 0.1) is 20.1 Å². The van der Waals surface area contributed by atoms with Crippen molar-refractivity contribution in [2.45, 2.75) is 44.5 Å². The Hall–Kier alpha value is 1.73. The average Bonchev–Trinajstić information content (AvgIpc) is 2.35. The van der Waals surface area contributed by atoms with Crippen LogP contribution in [0.1, 0.15) is 27.7 Å². The Morgan fingerprint density at radius 3 is 1.52 bits per heavy atom. The number of thiol groups is 1. The molecule has 0 bridgehead atoms. The molecule has 0 radical (unpaired) electrons. The van der Waals surface area contributed by atoms with Gasteiger partial charge in [-0.2, -0.15) is 12.6 Å². The predicted octanol–water partition coefficient (Wildman–Crippen LogP) is 0.338. The summed E-state index contributed by atoms with van der Waals surface area (Å²) in [6, 6.07) is -0.444. The van der Waals surface area contributed by atoms with E-state index in [2.05, 4.69) is 22.1 Å². The van der Waals surface area contributed by atoms with E-state index in [9.17, 15) is 9.59 Å². The average molecular weight is 374 g/mol. The number of hydrogen-bond acceptors (Lipinski definition) is 7. The van der Waals surface area contributed by atoms with E-state index in [4.69, 9.17) is 11.5 Å². The molecule has 21 heavy (non-hydrogen) atoms. The third-order valence-corrected chi connectivity index (χ3v) is 3.44. The van der Waals surface area contributed by atoms with Crippen molar-refractivity contribution in [2.24, 2.45) is 17.4 Å². The van der Waals surface area contributed by atoms with Crippen LogP contribution in [0.5, 0.6) is 0 Å². The second-order valence-electron chi connectivity index (χ2n) is 4.60. The number of esters is 2. The van der Waals surface area contributed by atoms with Crippen molar-refractivity contribution in [3.63, 3.8) is 0 Å². The van der Waals surface area contributed by atoms with Gasteiger partial charge in [0.1, 0.15) is 4.75 Å². The van der Waals surface area contributed by atoms with Crippen LogP contribution in [-0.4, -0.2) is 43.0 Å². The molecule has 0 aliphatic rings. The number of rotatable bonds is 4. The summed E-state index contributed by atoms with van der Waals surface area (Å²) in [4.78, 5) is 21.5. The van der Waals surface area contributed by atoms with E-state index in [-0.39, 0.29) is 99.4 Å². The molecule has 0 aromatic rings. The van der Waals surface area contributed by atoms with Gasteiger partial charge in [0, 0.05) is 87.6 Å². The van der Waals surface area contributed by atoms with E-state index in [1.807, 2.05) is 0 Å². The molecule has 0 aliphatic heterocycles. The summed E-state index contributed by atoms with van der Waals surface area (Å²) in [6.07, 6.45) is 0. The Bertz CT molecular complexity index is 303. The van der Waals surface area contributed by atoms with Gasteiger partial charge in [-0.05, 0) is 20.8 Å². The number of carbonyl (C=O) groups is 2. The van der Waals surface area contributed by atoms with E-state index in [1.54, 1.807) is 27.7 Å². The molecule has 0 fully saturated rings. The van der Waals surface area contributed by atoms with Gasteiger partial charge in [0.25, 0.3) is 0 Å². The van der Waals surface area contributed by atoms with E-state index in [0.29, 0.717) is 0 Å². The summed E-state index contributed by atoms with van der Waals surface area (Å²) in [6.45, 7) is 6.87. The van der Waals surface area contributed by atoms with Gasteiger partial charge in [0.15, 0.2) is 0 Å². The molecular formula is C12H26Ar2N2O4S. The standard InChI is InChI=1S/C6H13NO2S.C6H13NO2.2Ar/c1-4(7)6(2,10)5(8)9-3;1-4(5(2)7)6(8)9-3;;/h4,10H,7H2,1-3H3;4-5H,7H2,1-3H3;;/t4-,6-;4-,5+;;/m01../s1. The number of carbonyl (C=O) groups excluding carboxylic acids is 2. The first-order valence-corrected chi connectivity index (χ1v) is 6.36. The molecule has 0 spiro atoms. The smallest absolute Gasteiger partial charge is 0.322 e. The second kappa shape index (κ2) is 15.3. The number of ether oxygens (including phenoxy) is 2. The van der Waals surface area contributed by atoms with Crippen molar-refractivity contribution in [3.8, 4) is 0 Å². The summed E-state index contributed by atoms with van der Waals surface area (Å²) in [5.74, 6) is -0.842. The maximum atomic E-state index is 10.9. The number of nitrogens with two attached hydrogens (primary N) is 2. The second-order valence-corrected chi connectivity index (χ2v) is 5.53. The zero-order valence-electron chi connectivity index (χ0n) is 13.2. The maximum Gasteiger partial charge on any atom is 0.322 e. The molecule has 130 valence electrons. The summed E-state index contributed by atoms with van der Waals surface area (Å²) < 4.78 is 8.06. The van der Waals surface area contributed by atoms with Gasteiger partial charge in [-0.3, -0.25) is 9.59 Å². The van der Waals surface area contributed by atoms with Crippen LogP contribution >= 0.6 is 12.6 Å². The van der Waals surface area contributed by atoms with Crippen LogP contribution in [0.3, 0.4) is 0 Å². The molecule has 0 amide bonds. The number of methoxy groups -OCH3 is 2. The van der Waals surface area contributed by atoms with Crippen molar-refractivity contribution in [1.82, 2.24) is 0 Å². The molecule has 0 saturated heterocycles. The van der Waals surface area contributed by atoms with Gasteiger partial charge >= 0.3 is 11.9 Å². The minimum atomic E-state index is -0.880. The fraction of sp³-hybridized carbons (Fsp3) is 0.833. The first-order chi connectivity index (χ1) is 8.52. The van der Waals surface area contributed by atoms with Crippen LogP contribution in [0.15, 0.2) is 0 Å². The third-order valence-electron chi connectivity index (χ3n) is 2.85. The Balaban J connectivity index is -0.000000126. The Morgan fingerprint density at radius 1 is 1.05 bits per heavy atom. The first-order valence-electron chi connectivity index (χ1n) is 5.92. The minimum Gasteiger partial charge on any atom is -0.469 e. The maximum absolute atomic E-state index is 10.9. The van der Waals surface area contributed by atoms with Crippen LogP contribution in [0.25, 0.3) is 0 Å². The third kappa shape index (κ3) is 12.8. The Morgan fingerprint density at radius 2 is 1.43 bits per heavy atom. The Labute approximate surface area is 192 Å². The van der Waals surface area contributed by atoms with Crippen molar-refractivity contribution in [3.05, 3.63) is 0 Å². The monoisotopic (exact) mass is 374 g/mol. The predicted molar refractivity (Wildman–Crippen MR) is 77.9 cm³/mol. The van der Waals surface area contributed by atoms with Gasteiger partial charge in [-0.15, -0.1) is 0 Å². The van der Waals surface area contributed by atoms with Crippen molar-refractivity contribution < 1.29 is 94.5 Å². The molecule has 0 unspecified atom stereocenters. The number of hydrogen-bond donors (Lipinski definition) is 3. The summed E-state index contributed by atoms with van der Waals surface area (Å²) >= 11 is 4.06. The zero-order chi connectivity index (χ0) is 15.8. The van der Waals surface area contributed by atoms with Crippen molar-refractivity contribution >= 4 is 24.6 Å². The molecule has 6 nitrogen and oxygen atoms in total. The fourth-order valence-corrected chi connectivity index (χ4v) is 0.884. The summed E-state index contributed by atoms with van der Waals surface area (Å²) in [5, 5.41) is 0. The fourth-order valence-electron chi connectivity index (χ4n) is 0.793. The molecular weight excluding hydrogens is 348 g/mol. The van der Waals surface area contributed by atoms with E-state index in [0.717, 1.165) is 0 Å². The van der Waals surface area contributed by atoms with Crippen LogP contribution in [-0.2, 0) is 19.1 Å². The molecule has 0 aromatic carbocycles. The Kier molecular flexibility index (Phi) is 22.2. The molecule has 0 saturated carbocycles. The SMILES string of the molecule is COC(=O)[C@@](C)(S)[C@H](C)N.COC(=O)[C@H](C)[C@H](C)N.[Ar].[Ar]. The van der Waals surface area contributed by atoms with Gasteiger partial charge < -0.3 is 20.9 Å². The molecule has 0 aliphatic carbocycles. The topological polar surface area (TPSA) is 105 Å². The first kappa shape index (κ1) is 30.6. The zero-order valence-corrected chi connectivity index (χ0v) is 15.5. The van der Waals surface area contributed by atoms with Crippen molar-refractivity contribution in [1.29, 1.82) is 0 Å². The van der Waals surface area contributed by atoms with Gasteiger partial charge in [0.2, 0.25) is 0 Å². The van der Waals surface area contributed by atoms with E-state index < -0.39 is 10.7 Å². The molecule has 9 heteroatoms. The molecule has 0 rings (SSSR count). The largest absolute Gasteiger partial charge is 0.469 e. The van der Waals surface area contributed by atoms with Crippen LogP contribution < -0.4 is 11.5 Å². The van der Waals surface area contributed by atoms with Crippen molar-refractivity contribution in [2.75, 3.05) is 14.2 Å². The van der Waals surface area contributed by atoms with E-state index in [1.165, 1.54) is 14.2 Å².